The monoisotopic (exact) mass is 846 g/mol. The first kappa shape index (κ1) is 45.7. The van der Waals surface area contributed by atoms with Crippen LogP contribution in [0, 0.1) is 36.5 Å². The van der Waals surface area contributed by atoms with Gasteiger partial charge in [0.1, 0.15) is 34.0 Å². The van der Waals surface area contributed by atoms with Gasteiger partial charge in [0.25, 0.3) is 11.7 Å². The number of benzene rings is 2. The second-order valence-electron chi connectivity index (χ2n) is 18.0. The van der Waals surface area contributed by atoms with E-state index in [-0.39, 0.29) is 49.7 Å². The van der Waals surface area contributed by atoms with E-state index in [1.807, 2.05) is 0 Å². The average Bonchev–Trinajstić information content (AvgIpc) is 3.71. The average molecular weight is 847 g/mol. The van der Waals surface area contributed by atoms with Crippen LogP contribution in [-0.2, 0) is 23.8 Å². The summed E-state index contributed by atoms with van der Waals surface area (Å²) in [5, 5.41) is 50.5. The normalized spacial score (nSPS) is 30.8. The lowest BCUT2D eigenvalue weighted by Crippen LogP contribution is -2.47. The highest BCUT2D eigenvalue weighted by molar-refractivity contribution is 6.21. The zero-order valence-corrected chi connectivity index (χ0v) is 37.1. The molecule has 0 saturated carbocycles. The number of carbonyl (C=O) groups is 3. The highest BCUT2D eigenvalue weighted by Crippen LogP contribution is 2.51. The minimum absolute atomic E-state index is 0.0538. The third-order valence-corrected chi connectivity index (χ3v) is 12.9. The first-order chi connectivity index (χ1) is 28.6. The van der Waals surface area contributed by atoms with E-state index >= 15 is 0 Å². The quantitative estimate of drug-likeness (QED) is 0.208. The summed E-state index contributed by atoms with van der Waals surface area (Å²) in [5.41, 5.74) is -0.111. The predicted molar refractivity (Wildman–Crippen MR) is 228 cm³/mol. The Bertz CT molecular complexity index is 2300. The van der Waals surface area contributed by atoms with Gasteiger partial charge in [-0.05, 0) is 25.8 Å². The van der Waals surface area contributed by atoms with E-state index in [9.17, 15) is 34.8 Å². The fourth-order valence-corrected chi connectivity index (χ4v) is 9.24. The van der Waals surface area contributed by atoms with Crippen LogP contribution in [0.5, 0.6) is 17.2 Å². The van der Waals surface area contributed by atoms with Gasteiger partial charge in [-0.15, -0.1) is 0 Å². The first-order valence-electron chi connectivity index (χ1n) is 21.2. The topological polar surface area (TPSA) is 209 Å². The Kier molecular flexibility index (Phi) is 13.1. The number of ether oxygens (including phenoxy) is 4. The molecule has 4 heterocycles. The van der Waals surface area contributed by atoms with E-state index in [2.05, 4.69) is 29.1 Å². The second kappa shape index (κ2) is 17.5. The number of amides is 1. The first-order valence-corrected chi connectivity index (χ1v) is 21.2. The number of aliphatic hydroxyl groups excluding tert-OH is 2. The molecule has 6 rings (SSSR count). The molecule has 1 saturated heterocycles. The van der Waals surface area contributed by atoms with Crippen molar-refractivity contribution in [2.24, 2.45) is 39.6 Å². The smallest absolute Gasteiger partial charge is 0.312 e. The van der Waals surface area contributed by atoms with Crippen molar-refractivity contribution in [3.05, 3.63) is 58.0 Å². The van der Waals surface area contributed by atoms with Gasteiger partial charge >= 0.3 is 11.8 Å². The van der Waals surface area contributed by atoms with E-state index in [4.69, 9.17) is 23.9 Å². The summed E-state index contributed by atoms with van der Waals surface area (Å²) in [5.74, 6) is -6.57. The number of phenolic OH excluding ortho intramolecular Hbond substituents is 2. The molecule has 1 fully saturated rings. The molecule has 9 atom stereocenters. The molecule has 0 unspecified atom stereocenters. The summed E-state index contributed by atoms with van der Waals surface area (Å²) in [6.07, 6.45) is 5.07. The maximum absolute atomic E-state index is 14.7. The van der Waals surface area contributed by atoms with Gasteiger partial charge in [-0.2, -0.15) is 0 Å². The van der Waals surface area contributed by atoms with Crippen LogP contribution >= 0.6 is 0 Å². The Morgan fingerprint density at radius 1 is 0.984 bits per heavy atom. The van der Waals surface area contributed by atoms with Gasteiger partial charge in [-0.25, -0.2) is 4.99 Å². The number of hydrogen-bond acceptors (Lipinski definition) is 14. The fraction of sp³-hybridized carbons (Fsp3) is 0.587. The summed E-state index contributed by atoms with van der Waals surface area (Å²) in [7, 11) is 1.47. The molecule has 0 radical (unpaired) electrons. The van der Waals surface area contributed by atoms with Crippen LogP contribution < -0.4 is 20.8 Å². The van der Waals surface area contributed by atoms with Crippen molar-refractivity contribution in [2.75, 3.05) is 32.1 Å². The Labute approximate surface area is 356 Å². The van der Waals surface area contributed by atoms with E-state index in [1.54, 1.807) is 65.8 Å². The summed E-state index contributed by atoms with van der Waals surface area (Å²) in [6.45, 7) is 19.6. The van der Waals surface area contributed by atoms with Gasteiger partial charge in [0.15, 0.2) is 5.75 Å². The lowest BCUT2D eigenvalue weighted by atomic mass is 9.78. The molecule has 332 valence electrons. The number of methoxy groups -OCH3 is 1. The number of aromatic hydroxyl groups is 2. The molecule has 1 amide bonds. The molecule has 1 spiro atoms. The minimum Gasteiger partial charge on any atom is -0.507 e. The predicted octanol–water partition coefficient (Wildman–Crippen LogP) is 4.75. The summed E-state index contributed by atoms with van der Waals surface area (Å²) in [6, 6.07) is 0. The van der Waals surface area contributed by atoms with Gasteiger partial charge in [0.05, 0.1) is 41.2 Å². The SMILES string of the molecule is CO[C@@H]1C=CO[C@@]2(C)Oc3c(C)c(O)c4c(O)c(c5c(c4c3C2=O)NC2(CCN(CC(C)C)CC2)N=5)=NC(=O)C(C)=CC=C[C@H](C)[C@H](O)[C@H](C)[C@H](O)[C@H](C)[C@H](OC(C)=O)[C@@H]1C. The molecule has 15 heteroatoms. The highest BCUT2D eigenvalue weighted by Gasteiger charge is 2.51. The molecule has 2 aromatic rings. The number of hydrogen-bond donors (Lipinski definition) is 5. The second-order valence-corrected chi connectivity index (χ2v) is 18.0. The Hall–Kier alpha value is -4.83. The molecule has 15 nitrogen and oxygen atoms in total. The van der Waals surface area contributed by atoms with Gasteiger partial charge in [0.2, 0.25) is 0 Å². The minimum atomic E-state index is -1.95. The molecule has 4 aliphatic heterocycles. The zero-order chi connectivity index (χ0) is 44.9. The maximum Gasteiger partial charge on any atom is 0.312 e. The van der Waals surface area contributed by atoms with E-state index in [0.717, 1.165) is 19.6 Å². The lowest BCUT2D eigenvalue weighted by Gasteiger charge is -2.38. The summed E-state index contributed by atoms with van der Waals surface area (Å²) >= 11 is 0. The molecule has 5 N–H and O–H groups in total. The number of nitrogens with one attached hydrogen (secondary N) is 1. The van der Waals surface area contributed by atoms with Gasteiger partial charge in [0, 0.05) is 93.6 Å². The Morgan fingerprint density at radius 3 is 2.28 bits per heavy atom. The molecule has 2 aromatic carbocycles. The van der Waals surface area contributed by atoms with Gasteiger partial charge in [-0.3, -0.25) is 19.4 Å². The van der Waals surface area contributed by atoms with Crippen molar-refractivity contribution < 1.29 is 53.8 Å². The van der Waals surface area contributed by atoms with Crippen LogP contribution in [0.25, 0.3) is 10.8 Å². The van der Waals surface area contributed by atoms with Crippen LogP contribution in [0.4, 0.5) is 5.69 Å². The lowest BCUT2D eigenvalue weighted by molar-refractivity contribution is -0.160. The van der Waals surface area contributed by atoms with Crippen molar-refractivity contribution in [3.8, 4) is 17.2 Å². The Morgan fingerprint density at radius 2 is 1.66 bits per heavy atom. The number of ketones is 1. The number of aliphatic hydroxyl groups is 2. The van der Waals surface area contributed by atoms with Gasteiger partial charge in [-0.1, -0.05) is 59.8 Å². The highest BCUT2D eigenvalue weighted by atomic mass is 16.7. The third kappa shape index (κ3) is 8.54. The molecule has 0 aliphatic carbocycles. The van der Waals surface area contributed by atoms with Crippen LogP contribution in [0.3, 0.4) is 0 Å². The van der Waals surface area contributed by atoms with Crippen molar-refractivity contribution in [3.63, 3.8) is 0 Å². The van der Waals surface area contributed by atoms with Crippen molar-refractivity contribution in [1.29, 1.82) is 0 Å². The largest absolute Gasteiger partial charge is 0.507 e. The number of piperidine rings is 1. The third-order valence-electron chi connectivity index (χ3n) is 12.9. The number of rotatable bonds is 4. The maximum atomic E-state index is 14.7. The van der Waals surface area contributed by atoms with E-state index in [0.29, 0.717) is 24.4 Å². The van der Waals surface area contributed by atoms with E-state index in [1.165, 1.54) is 27.2 Å². The summed E-state index contributed by atoms with van der Waals surface area (Å²) in [4.78, 5) is 52.9. The van der Waals surface area contributed by atoms with Crippen molar-refractivity contribution in [1.82, 2.24) is 4.90 Å². The standard InChI is InChI=1S/C46H62N4O11/c1-22(2)21-50-18-16-46(17-19-50)48-34-31-32-39(54)28(8)42-33(31)43(56)45(10,61-42)59-20-15-30(58-11)25(5)41(60-29(9)51)27(7)38(53)26(6)37(52)23(3)13-12-14-24(4)44(57)47-36(40(32)55)35(34)49-46/h12-15,20,22-23,25-27,30,37-38,41,48,52-55H,16-19,21H2,1-11H3/t23-,25+,26-,27-,30+,37-,38-,41+,45-/m0/s1. The van der Waals surface area contributed by atoms with Crippen LogP contribution in [0.15, 0.2) is 46.1 Å². The number of nitrogens with zero attached hydrogens (tertiary/aromatic N) is 3. The van der Waals surface area contributed by atoms with Crippen LogP contribution in [0.1, 0.15) is 91.1 Å². The van der Waals surface area contributed by atoms with Crippen LogP contribution in [0.2, 0.25) is 0 Å². The van der Waals surface area contributed by atoms with Crippen LogP contribution in [-0.4, -0.2) is 106 Å². The number of Topliss-reactive ketones (excluding diaryl/α,β-unsaturated/α-hetero) is 1. The van der Waals surface area contributed by atoms with Crippen molar-refractivity contribution >= 4 is 34.1 Å². The van der Waals surface area contributed by atoms with Gasteiger partial charge < -0.3 is 49.6 Å². The summed E-state index contributed by atoms with van der Waals surface area (Å²) < 4.78 is 24.0. The number of anilines is 1. The molecule has 4 aliphatic rings. The molecular formula is C46H62N4O11. The number of fused-ring (bicyclic) bond motifs is 1. The Balaban J connectivity index is 1.55. The van der Waals surface area contributed by atoms with Crippen molar-refractivity contribution in [2.45, 2.75) is 118 Å². The number of likely N-dealkylation sites (tertiary alicyclic amines) is 1. The number of phenols is 2. The zero-order valence-electron chi connectivity index (χ0n) is 37.1. The molecular weight excluding hydrogens is 785 g/mol. The number of carbonyl (C=O) groups excluding carboxylic acids is 3. The molecule has 0 aromatic heterocycles. The number of esters is 1. The molecule has 61 heavy (non-hydrogen) atoms. The van der Waals surface area contributed by atoms with E-state index < -0.39 is 82.9 Å². The number of allylic oxidation sites excluding steroid dienone is 2. The molecule has 4 bridgehead atoms. The fourth-order valence-electron chi connectivity index (χ4n) is 9.24.